The van der Waals surface area contributed by atoms with Crippen LogP contribution in [0, 0.1) is 12.7 Å². The van der Waals surface area contributed by atoms with Gasteiger partial charge >= 0.3 is 0 Å². The summed E-state index contributed by atoms with van der Waals surface area (Å²) in [6, 6.07) is 4.60. The van der Waals surface area contributed by atoms with Crippen LogP contribution in [-0.4, -0.2) is 28.6 Å². The van der Waals surface area contributed by atoms with Crippen molar-refractivity contribution in [2.45, 2.75) is 45.6 Å². The highest BCUT2D eigenvalue weighted by Crippen LogP contribution is 2.35. The Morgan fingerprint density at radius 2 is 2.25 bits per heavy atom. The minimum atomic E-state index is -0.518. The maximum Gasteiger partial charge on any atom is 0.259 e. The van der Waals surface area contributed by atoms with Gasteiger partial charge in [0.25, 0.3) is 5.91 Å². The molecule has 0 bridgehead atoms. The summed E-state index contributed by atoms with van der Waals surface area (Å²) in [5.41, 5.74) is 0.604. The fourth-order valence-corrected chi connectivity index (χ4v) is 3.61. The lowest BCUT2D eigenvalue weighted by Crippen LogP contribution is -2.43. The number of rotatable bonds is 3. The molecule has 1 saturated heterocycles. The van der Waals surface area contributed by atoms with Gasteiger partial charge in [-0.15, -0.1) is 0 Å². The molecule has 0 radical (unpaired) electrons. The van der Waals surface area contributed by atoms with E-state index < -0.39 is 5.82 Å². The average molecular weight is 351 g/mol. The second-order valence-corrected chi connectivity index (χ2v) is 6.52. The summed E-state index contributed by atoms with van der Waals surface area (Å²) in [6.07, 6.45) is 3.98. The van der Waals surface area contributed by atoms with E-state index in [4.69, 9.17) is 16.1 Å². The Morgan fingerprint density at radius 3 is 2.96 bits per heavy atom. The van der Waals surface area contributed by atoms with Crippen LogP contribution >= 0.6 is 11.6 Å². The number of nitrogens with zero attached hydrogens (tertiary/aromatic N) is 2. The second-order valence-electron chi connectivity index (χ2n) is 6.12. The molecule has 24 heavy (non-hydrogen) atoms. The first-order chi connectivity index (χ1) is 11.5. The van der Waals surface area contributed by atoms with E-state index in [0.29, 0.717) is 17.9 Å². The maximum atomic E-state index is 14.3. The summed E-state index contributed by atoms with van der Waals surface area (Å²) in [6.45, 7) is 4.45. The summed E-state index contributed by atoms with van der Waals surface area (Å²) >= 11 is 6.15. The summed E-state index contributed by atoms with van der Waals surface area (Å²) in [4.78, 5) is 15.0. The molecule has 1 atom stereocenters. The Hall–Kier alpha value is -1.88. The zero-order valence-corrected chi connectivity index (χ0v) is 14.6. The van der Waals surface area contributed by atoms with Gasteiger partial charge in [0.05, 0.1) is 10.6 Å². The van der Waals surface area contributed by atoms with E-state index in [9.17, 15) is 9.18 Å². The van der Waals surface area contributed by atoms with Gasteiger partial charge < -0.3 is 9.42 Å². The number of hydrogen-bond donors (Lipinski definition) is 0. The van der Waals surface area contributed by atoms with Gasteiger partial charge in [0.2, 0.25) is 0 Å². The van der Waals surface area contributed by atoms with Crippen LogP contribution < -0.4 is 0 Å². The molecular formula is C18H20ClFN2O2. The number of aromatic nitrogens is 1. The largest absolute Gasteiger partial charge is 0.360 e. The lowest BCUT2D eigenvalue weighted by Gasteiger charge is -2.35. The highest BCUT2D eigenvalue weighted by atomic mass is 35.5. The first kappa shape index (κ1) is 17.0. The van der Waals surface area contributed by atoms with Gasteiger partial charge in [-0.1, -0.05) is 29.7 Å². The number of carbonyl (C=O) groups excluding carboxylic acids is 1. The zero-order valence-electron chi connectivity index (χ0n) is 13.8. The Balaban J connectivity index is 2.06. The first-order valence-corrected chi connectivity index (χ1v) is 8.64. The van der Waals surface area contributed by atoms with Crippen molar-refractivity contribution in [3.8, 4) is 11.3 Å². The molecule has 2 heterocycles. The molecule has 3 rings (SSSR count). The van der Waals surface area contributed by atoms with Crippen LogP contribution in [0.25, 0.3) is 11.3 Å². The Bertz CT molecular complexity index is 739. The van der Waals surface area contributed by atoms with Crippen LogP contribution in [0.5, 0.6) is 0 Å². The third kappa shape index (κ3) is 2.93. The van der Waals surface area contributed by atoms with E-state index in [0.717, 1.165) is 25.7 Å². The van der Waals surface area contributed by atoms with E-state index in [2.05, 4.69) is 12.1 Å². The molecule has 2 aromatic rings. The van der Waals surface area contributed by atoms with Crippen LogP contribution in [0.3, 0.4) is 0 Å². The topological polar surface area (TPSA) is 46.3 Å². The van der Waals surface area contributed by atoms with Crippen molar-refractivity contribution in [2.24, 2.45) is 0 Å². The standard InChI is InChI=1S/C18H20ClFN2O2/c1-3-12-7-4-5-10-22(12)18(23)15-11(2)24-21-17(15)16-13(19)8-6-9-14(16)20/h6,8-9,12H,3-5,7,10H2,1-2H3. The minimum Gasteiger partial charge on any atom is -0.360 e. The molecule has 0 N–H and O–H groups in total. The van der Waals surface area contributed by atoms with Gasteiger partial charge in [0.1, 0.15) is 22.8 Å². The zero-order chi connectivity index (χ0) is 17.3. The third-order valence-corrected chi connectivity index (χ3v) is 4.95. The first-order valence-electron chi connectivity index (χ1n) is 8.26. The van der Waals surface area contributed by atoms with Crippen molar-refractivity contribution in [3.05, 3.63) is 40.4 Å². The lowest BCUT2D eigenvalue weighted by atomic mass is 9.97. The van der Waals surface area contributed by atoms with Crippen molar-refractivity contribution >= 4 is 17.5 Å². The fourth-order valence-electron chi connectivity index (χ4n) is 3.35. The van der Waals surface area contributed by atoms with Crippen molar-refractivity contribution in [1.29, 1.82) is 0 Å². The molecule has 1 aliphatic heterocycles. The third-order valence-electron chi connectivity index (χ3n) is 4.64. The predicted molar refractivity (Wildman–Crippen MR) is 90.6 cm³/mol. The molecule has 0 saturated carbocycles. The molecule has 128 valence electrons. The summed E-state index contributed by atoms with van der Waals surface area (Å²) < 4.78 is 19.5. The molecular weight excluding hydrogens is 331 g/mol. The number of piperidine rings is 1. The van der Waals surface area contributed by atoms with E-state index in [1.807, 2.05) is 4.90 Å². The van der Waals surface area contributed by atoms with E-state index in [1.54, 1.807) is 13.0 Å². The van der Waals surface area contributed by atoms with Gasteiger partial charge in [-0.05, 0) is 44.7 Å². The molecule has 1 fully saturated rings. The smallest absolute Gasteiger partial charge is 0.259 e. The van der Waals surface area contributed by atoms with Crippen molar-refractivity contribution in [3.63, 3.8) is 0 Å². The Kier molecular flexibility index (Phi) is 4.90. The highest BCUT2D eigenvalue weighted by Gasteiger charge is 2.32. The molecule has 6 heteroatoms. The van der Waals surface area contributed by atoms with E-state index >= 15 is 0 Å². The van der Waals surface area contributed by atoms with Gasteiger partial charge in [0.15, 0.2) is 0 Å². The molecule has 4 nitrogen and oxygen atoms in total. The molecule has 0 aliphatic carbocycles. The number of hydrogen-bond acceptors (Lipinski definition) is 3. The molecule has 1 amide bonds. The van der Waals surface area contributed by atoms with Crippen molar-refractivity contribution in [1.82, 2.24) is 10.1 Å². The molecule has 1 aliphatic rings. The van der Waals surface area contributed by atoms with Crippen molar-refractivity contribution < 1.29 is 13.7 Å². The number of carbonyl (C=O) groups is 1. The van der Waals surface area contributed by atoms with Gasteiger partial charge in [-0.3, -0.25) is 4.79 Å². The number of aryl methyl sites for hydroxylation is 1. The number of amides is 1. The summed E-state index contributed by atoms with van der Waals surface area (Å²) in [5, 5.41) is 4.14. The van der Waals surface area contributed by atoms with E-state index in [1.165, 1.54) is 12.1 Å². The fraction of sp³-hybridized carbons (Fsp3) is 0.444. The van der Waals surface area contributed by atoms with Crippen LogP contribution in [0.15, 0.2) is 22.7 Å². The maximum absolute atomic E-state index is 14.3. The van der Waals surface area contributed by atoms with Gasteiger partial charge in [-0.25, -0.2) is 4.39 Å². The average Bonchev–Trinajstić information content (AvgIpc) is 2.95. The number of halogens is 2. The van der Waals surface area contributed by atoms with Crippen LogP contribution in [0.2, 0.25) is 5.02 Å². The van der Waals surface area contributed by atoms with Crippen molar-refractivity contribution in [2.75, 3.05) is 6.54 Å². The molecule has 1 aromatic carbocycles. The van der Waals surface area contributed by atoms with Crippen LogP contribution in [0.4, 0.5) is 4.39 Å². The Morgan fingerprint density at radius 1 is 1.46 bits per heavy atom. The predicted octanol–water partition coefficient (Wildman–Crippen LogP) is 4.85. The molecule has 0 spiro atoms. The second kappa shape index (κ2) is 6.93. The van der Waals surface area contributed by atoms with Gasteiger partial charge in [0, 0.05) is 12.6 Å². The number of likely N-dealkylation sites (tertiary alicyclic amines) is 1. The minimum absolute atomic E-state index is 0.115. The Labute approximate surface area is 145 Å². The normalized spacial score (nSPS) is 18.0. The van der Waals surface area contributed by atoms with Crippen LogP contribution in [0.1, 0.15) is 48.7 Å². The lowest BCUT2D eigenvalue weighted by molar-refractivity contribution is 0.0607. The molecule has 1 aromatic heterocycles. The SMILES string of the molecule is CCC1CCCCN1C(=O)c1c(-c2c(F)cccc2Cl)noc1C. The van der Waals surface area contributed by atoms with Gasteiger partial charge in [-0.2, -0.15) is 0 Å². The quantitative estimate of drug-likeness (QED) is 0.795. The monoisotopic (exact) mass is 350 g/mol. The van der Waals surface area contributed by atoms with E-state index in [-0.39, 0.29) is 28.2 Å². The number of benzene rings is 1. The highest BCUT2D eigenvalue weighted by molar-refractivity contribution is 6.33. The van der Waals surface area contributed by atoms with Crippen LogP contribution in [-0.2, 0) is 0 Å². The molecule has 1 unspecified atom stereocenters. The summed E-state index contributed by atoms with van der Waals surface area (Å²) in [7, 11) is 0. The summed E-state index contributed by atoms with van der Waals surface area (Å²) in [5.74, 6) is -0.292.